The maximum absolute atomic E-state index is 12.2. The topological polar surface area (TPSA) is 57.8 Å². The van der Waals surface area contributed by atoms with Crippen molar-refractivity contribution in [3.05, 3.63) is 65.0 Å². The van der Waals surface area contributed by atoms with Crippen LogP contribution in [0.2, 0.25) is 0 Å². The van der Waals surface area contributed by atoms with Gasteiger partial charge in [-0.25, -0.2) is 4.98 Å². The Morgan fingerprint density at radius 2 is 1.86 bits per heavy atom. The summed E-state index contributed by atoms with van der Waals surface area (Å²) in [7, 11) is 0. The molecule has 0 spiro atoms. The SMILES string of the molecule is Cc1cc(C)cc(C(=O)NCCc2nc3ccccc3[nH]2)c1. The van der Waals surface area contributed by atoms with Crippen LogP contribution in [0.25, 0.3) is 11.0 Å². The van der Waals surface area contributed by atoms with Crippen molar-refractivity contribution in [2.45, 2.75) is 20.3 Å². The molecule has 1 heterocycles. The molecular formula is C18H19N3O. The molecule has 0 radical (unpaired) electrons. The quantitative estimate of drug-likeness (QED) is 0.776. The number of fused-ring (bicyclic) bond motifs is 1. The highest BCUT2D eigenvalue weighted by Gasteiger charge is 2.07. The number of amides is 1. The summed E-state index contributed by atoms with van der Waals surface area (Å²) in [6, 6.07) is 13.8. The molecule has 0 unspecified atom stereocenters. The molecule has 2 aromatic carbocycles. The number of benzene rings is 2. The van der Waals surface area contributed by atoms with Gasteiger partial charge in [-0.2, -0.15) is 0 Å². The third kappa shape index (κ3) is 3.17. The molecule has 0 atom stereocenters. The molecule has 0 saturated heterocycles. The Hall–Kier alpha value is -2.62. The van der Waals surface area contributed by atoms with Gasteiger partial charge in [0.25, 0.3) is 5.91 Å². The lowest BCUT2D eigenvalue weighted by Crippen LogP contribution is -2.26. The van der Waals surface area contributed by atoms with Crippen LogP contribution in [0.4, 0.5) is 0 Å². The van der Waals surface area contributed by atoms with Crippen LogP contribution in [0.3, 0.4) is 0 Å². The number of H-pyrrole nitrogens is 1. The molecule has 4 nitrogen and oxygen atoms in total. The summed E-state index contributed by atoms with van der Waals surface area (Å²) in [5.41, 5.74) is 4.89. The number of aryl methyl sites for hydroxylation is 2. The van der Waals surface area contributed by atoms with E-state index in [0.29, 0.717) is 18.5 Å². The van der Waals surface area contributed by atoms with Crippen LogP contribution in [0, 0.1) is 13.8 Å². The van der Waals surface area contributed by atoms with Crippen LogP contribution in [0.5, 0.6) is 0 Å². The number of carbonyl (C=O) groups is 1. The number of nitrogens with one attached hydrogen (secondary N) is 2. The van der Waals surface area contributed by atoms with E-state index in [1.54, 1.807) is 0 Å². The minimum absolute atomic E-state index is 0.0390. The maximum Gasteiger partial charge on any atom is 0.251 e. The van der Waals surface area contributed by atoms with Gasteiger partial charge in [0, 0.05) is 18.5 Å². The average molecular weight is 293 g/mol. The van der Waals surface area contributed by atoms with Gasteiger partial charge in [-0.05, 0) is 38.1 Å². The van der Waals surface area contributed by atoms with Crippen molar-refractivity contribution in [2.24, 2.45) is 0 Å². The molecule has 1 aromatic heterocycles. The minimum atomic E-state index is -0.0390. The number of para-hydroxylation sites is 2. The van der Waals surface area contributed by atoms with E-state index in [1.165, 1.54) is 0 Å². The van der Waals surface area contributed by atoms with E-state index in [9.17, 15) is 4.79 Å². The second-order valence-corrected chi connectivity index (χ2v) is 5.58. The summed E-state index contributed by atoms with van der Waals surface area (Å²) >= 11 is 0. The largest absolute Gasteiger partial charge is 0.352 e. The van der Waals surface area contributed by atoms with Crippen molar-refractivity contribution >= 4 is 16.9 Å². The molecule has 0 aliphatic rings. The van der Waals surface area contributed by atoms with E-state index in [2.05, 4.69) is 21.4 Å². The van der Waals surface area contributed by atoms with E-state index in [1.807, 2.05) is 50.2 Å². The summed E-state index contributed by atoms with van der Waals surface area (Å²) in [6.45, 7) is 4.56. The van der Waals surface area contributed by atoms with Gasteiger partial charge < -0.3 is 10.3 Å². The lowest BCUT2D eigenvalue weighted by atomic mass is 10.1. The monoisotopic (exact) mass is 293 g/mol. The van der Waals surface area contributed by atoms with Gasteiger partial charge in [0.05, 0.1) is 11.0 Å². The zero-order valence-corrected chi connectivity index (χ0v) is 12.8. The number of rotatable bonds is 4. The smallest absolute Gasteiger partial charge is 0.251 e. The number of hydrogen-bond acceptors (Lipinski definition) is 2. The van der Waals surface area contributed by atoms with Gasteiger partial charge in [0.1, 0.15) is 5.82 Å². The molecule has 2 N–H and O–H groups in total. The summed E-state index contributed by atoms with van der Waals surface area (Å²) in [5, 5.41) is 2.95. The van der Waals surface area contributed by atoms with Crippen molar-refractivity contribution in [1.82, 2.24) is 15.3 Å². The summed E-state index contributed by atoms with van der Waals surface area (Å²) < 4.78 is 0. The summed E-state index contributed by atoms with van der Waals surface area (Å²) in [6.07, 6.45) is 0.686. The molecule has 0 saturated carbocycles. The average Bonchev–Trinajstić information content (AvgIpc) is 2.88. The van der Waals surface area contributed by atoms with Crippen LogP contribution < -0.4 is 5.32 Å². The van der Waals surface area contributed by atoms with Crippen molar-refractivity contribution in [2.75, 3.05) is 6.54 Å². The molecule has 112 valence electrons. The first-order valence-electron chi connectivity index (χ1n) is 7.42. The van der Waals surface area contributed by atoms with Crippen LogP contribution in [-0.2, 0) is 6.42 Å². The molecule has 4 heteroatoms. The first-order chi connectivity index (χ1) is 10.6. The number of hydrogen-bond donors (Lipinski definition) is 2. The van der Waals surface area contributed by atoms with Crippen LogP contribution in [0.1, 0.15) is 27.3 Å². The third-order valence-corrected chi connectivity index (χ3v) is 3.57. The molecular weight excluding hydrogens is 274 g/mol. The fraction of sp³-hybridized carbons (Fsp3) is 0.222. The van der Waals surface area contributed by atoms with Crippen molar-refractivity contribution in [1.29, 1.82) is 0 Å². The van der Waals surface area contributed by atoms with Crippen LogP contribution >= 0.6 is 0 Å². The van der Waals surface area contributed by atoms with Crippen molar-refractivity contribution < 1.29 is 4.79 Å². The third-order valence-electron chi connectivity index (χ3n) is 3.57. The zero-order valence-electron chi connectivity index (χ0n) is 12.8. The van der Waals surface area contributed by atoms with Gasteiger partial charge in [0.2, 0.25) is 0 Å². The van der Waals surface area contributed by atoms with E-state index in [-0.39, 0.29) is 5.91 Å². The molecule has 1 amide bonds. The number of nitrogens with zero attached hydrogens (tertiary/aromatic N) is 1. The second-order valence-electron chi connectivity index (χ2n) is 5.58. The van der Waals surface area contributed by atoms with Crippen LogP contribution in [0.15, 0.2) is 42.5 Å². The first-order valence-corrected chi connectivity index (χ1v) is 7.42. The first kappa shape index (κ1) is 14.3. The van der Waals surface area contributed by atoms with Gasteiger partial charge in [-0.1, -0.05) is 29.3 Å². The molecule has 0 fully saturated rings. The van der Waals surface area contributed by atoms with Crippen molar-refractivity contribution in [3.8, 4) is 0 Å². The molecule has 3 rings (SSSR count). The minimum Gasteiger partial charge on any atom is -0.352 e. The predicted molar refractivity (Wildman–Crippen MR) is 88.0 cm³/mol. The Morgan fingerprint density at radius 3 is 2.59 bits per heavy atom. The number of imidazole rings is 1. The Kier molecular flexibility index (Phi) is 3.92. The second kappa shape index (κ2) is 6.02. The maximum atomic E-state index is 12.2. The molecule has 0 aliphatic carbocycles. The van der Waals surface area contributed by atoms with Gasteiger partial charge in [-0.3, -0.25) is 4.79 Å². The highest BCUT2D eigenvalue weighted by molar-refractivity contribution is 5.94. The lowest BCUT2D eigenvalue weighted by molar-refractivity contribution is 0.0954. The molecule has 0 aliphatic heterocycles. The zero-order chi connectivity index (χ0) is 15.5. The Balaban J connectivity index is 1.61. The van der Waals surface area contributed by atoms with Crippen molar-refractivity contribution in [3.63, 3.8) is 0 Å². The normalized spacial score (nSPS) is 10.8. The summed E-state index contributed by atoms with van der Waals surface area (Å²) in [5.74, 6) is 0.852. The number of aromatic amines is 1. The number of aromatic nitrogens is 2. The molecule has 3 aromatic rings. The Morgan fingerprint density at radius 1 is 1.14 bits per heavy atom. The highest BCUT2D eigenvalue weighted by Crippen LogP contribution is 2.11. The lowest BCUT2D eigenvalue weighted by Gasteiger charge is -2.06. The number of carbonyl (C=O) groups excluding carboxylic acids is 1. The van der Waals surface area contributed by atoms with E-state index >= 15 is 0 Å². The molecule has 0 bridgehead atoms. The highest BCUT2D eigenvalue weighted by atomic mass is 16.1. The standard InChI is InChI=1S/C18H19N3O/c1-12-9-13(2)11-14(10-12)18(22)19-8-7-17-20-15-5-3-4-6-16(15)21-17/h3-6,9-11H,7-8H2,1-2H3,(H,19,22)(H,20,21). The van der Waals surface area contributed by atoms with E-state index < -0.39 is 0 Å². The summed E-state index contributed by atoms with van der Waals surface area (Å²) in [4.78, 5) is 19.9. The molecule has 22 heavy (non-hydrogen) atoms. The van der Waals surface area contributed by atoms with Gasteiger partial charge in [-0.15, -0.1) is 0 Å². The van der Waals surface area contributed by atoms with E-state index in [0.717, 1.165) is 28.0 Å². The fourth-order valence-corrected chi connectivity index (χ4v) is 2.63. The van der Waals surface area contributed by atoms with Gasteiger partial charge >= 0.3 is 0 Å². The fourth-order valence-electron chi connectivity index (χ4n) is 2.63. The predicted octanol–water partition coefficient (Wildman–Crippen LogP) is 3.15. The van der Waals surface area contributed by atoms with E-state index in [4.69, 9.17) is 0 Å². The Bertz CT molecular complexity index is 767. The Labute approximate surface area is 129 Å². The van der Waals surface area contributed by atoms with Crippen LogP contribution in [-0.4, -0.2) is 22.4 Å². The van der Waals surface area contributed by atoms with Gasteiger partial charge in [0.15, 0.2) is 0 Å².